The van der Waals surface area contributed by atoms with Crippen LogP contribution >= 0.6 is 0 Å². The molecule has 0 aliphatic heterocycles. The molecule has 0 aliphatic carbocycles. The average molecular weight is 218 g/mol. The molecule has 0 aliphatic rings. The van der Waals surface area contributed by atoms with Crippen molar-refractivity contribution in [3.05, 3.63) is 34.4 Å². The number of aromatic nitrogens is 4. The first kappa shape index (κ1) is 9.02. The van der Waals surface area contributed by atoms with E-state index in [1.54, 1.807) is 13.0 Å². The maximum absolute atomic E-state index is 14.0. The molecule has 0 radical (unpaired) electrons. The van der Waals surface area contributed by atoms with Crippen LogP contribution in [0.15, 0.2) is 17.2 Å². The lowest BCUT2D eigenvalue weighted by molar-refractivity contribution is 0.645. The van der Waals surface area contributed by atoms with Gasteiger partial charge in [-0.15, -0.1) is 0 Å². The predicted molar refractivity (Wildman–Crippen MR) is 56.7 cm³/mol. The van der Waals surface area contributed by atoms with Gasteiger partial charge in [0.05, 0.1) is 5.52 Å². The van der Waals surface area contributed by atoms with Gasteiger partial charge in [-0.25, -0.2) is 19.2 Å². The Bertz CT molecular complexity index is 758. The molecule has 0 saturated heterocycles. The van der Waals surface area contributed by atoms with E-state index >= 15 is 0 Å². The van der Waals surface area contributed by atoms with Gasteiger partial charge < -0.3 is 9.97 Å². The topological polar surface area (TPSA) is 74.4 Å². The van der Waals surface area contributed by atoms with Gasteiger partial charge >= 0.3 is 5.69 Å². The number of aryl methyl sites for hydroxylation is 1. The summed E-state index contributed by atoms with van der Waals surface area (Å²) in [6, 6.07) is 1.67. The Morgan fingerprint density at radius 1 is 1.31 bits per heavy atom. The van der Waals surface area contributed by atoms with Crippen molar-refractivity contribution in [3.8, 4) is 0 Å². The molecule has 1 aromatic carbocycles. The summed E-state index contributed by atoms with van der Waals surface area (Å²) in [5.41, 5.74) is 1.03. The second-order valence-corrected chi connectivity index (χ2v) is 3.55. The molecule has 0 spiro atoms. The number of imidazole rings is 1. The summed E-state index contributed by atoms with van der Waals surface area (Å²) < 4.78 is 14.0. The summed E-state index contributed by atoms with van der Waals surface area (Å²) in [6.07, 6.45) is 1.30. The van der Waals surface area contributed by atoms with E-state index in [2.05, 4.69) is 19.9 Å². The highest BCUT2D eigenvalue weighted by Crippen LogP contribution is 2.23. The molecule has 2 heterocycles. The van der Waals surface area contributed by atoms with Crippen molar-refractivity contribution in [1.82, 2.24) is 19.9 Å². The van der Waals surface area contributed by atoms with E-state index in [4.69, 9.17) is 0 Å². The first-order valence-corrected chi connectivity index (χ1v) is 4.68. The van der Waals surface area contributed by atoms with Gasteiger partial charge in [0.2, 0.25) is 0 Å². The molecular formula is C10H7FN4O. The zero-order valence-corrected chi connectivity index (χ0v) is 8.34. The molecule has 0 atom stereocenters. The first-order chi connectivity index (χ1) is 7.66. The Balaban J connectivity index is 2.65. The summed E-state index contributed by atoms with van der Waals surface area (Å²) in [5, 5.41) is 0.600. The number of aromatic amines is 2. The van der Waals surface area contributed by atoms with E-state index in [1.165, 1.54) is 6.33 Å². The lowest BCUT2D eigenvalue weighted by atomic mass is 10.1. The summed E-state index contributed by atoms with van der Waals surface area (Å²) in [7, 11) is 0. The lowest BCUT2D eigenvalue weighted by Gasteiger charge is -2.01. The number of hydrogen-bond donors (Lipinski definition) is 2. The van der Waals surface area contributed by atoms with Gasteiger partial charge in [0.15, 0.2) is 5.82 Å². The van der Waals surface area contributed by atoms with Crippen molar-refractivity contribution < 1.29 is 4.39 Å². The molecule has 0 unspecified atom stereocenters. The van der Waals surface area contributed by atoms with Crippen LogP contribution in [-0.4, -0.2) is 19.9 Å². The Morgan fingerprint density at radius 2 is 2.12 bits per heavy atom. The molecule has 3 aromatic rings. The fourth-order valence-electron chi connectivity index (χ4n) is 1.77. The maximum atomic E-state index is 14.0. The summed E-state index contributed by atoms with van der Waals surface area (Å²) in [6.45, 7) is 1.76. The van der Waals surface area contributed by atoms with Crippen LogP contribution in [0.2, 0.25) is 0 Å². The number of rotatable bonds is 0. The minimum absolute atomic E-state index is 0.149. The maximum Gasteiger partial charge on any atom is 0.323 e. The van der Waals surface area contributed by atoms with E-state index in [9.17, 15) is 9.18 Å². The fourth-order valence-corrected chi connectivity index (χ4v) is 1.77. The predicted octanol–water partition coefficient (Wildman–Crippen LogP) is 1.25. The Morgan fingerprint density at radius 3 is 2.94 bits per heavy atom. The second kappa shape index (κ2) is 2.88. The highest BCUT2D eigenvalue weighted by Gasteiger charge is 2.12. The molecular weight excluding hydrogens is 211 g/mol. The number of fused-ring (bicyclic) bond motifs is 2. The standard InChI is InChI=1S/C10H7FN4O/c1-4-5-2-6-9(15-10(16)14-6)7(11)8(5)13-3-12-4/h2-3H,1H3,(H2,14,15,16). The van der Waals surface area contributed by atoms with Gasteiger partial charge in [-0.3, -0.25) is 0 Å². The third-order valence-electron chi connectivity index (χ3n) is 2.56. The molecule has 3 rings (SSSR count). The van der Waals surface area contributed by atoms with Crippen LogP contribution in [0.1, 0.15) is 5.69 Å². The molecule has 80 valence electrons. The summed E-state index contributed by atoms with van der Waals surface area (Å²) in [5.74, 6) is -0.531. The van der Waals surface area contributed by atoms with Gasteiger partial charge in [0.25, 0.3) is 0 Å². The largest absolute Gasteiger partial charge is 0.323 e. The average Bonchev–Trinajstić information content (AvgIpc) is 2.61. The van der Waals surface area contributed by atoms with Crippen molar-refractivity contribution in [1.29, 1.82) is 0 Å². The Kier molecular flexibility index (Phi) is 1.62. The minimum atomic E-state index is -0.531. The lowest BCUT2D eigenvalue weighted by Crippen LogP contribution is -1.99. The van der Waals surface area contributed by atoms with Gasteiger partial charge in [-0.1, -0.05) is 0 Å². The smallest absolute Gasteiger partial charge is 0.306 e. The second-order valence-electron chi connectivity index (χ2n) is 3.55. The van der Waals surface area contributed by atoms with Crippen LogP contribution in [0.5, 0.6) is 0 Å². The molecule has 0 saturated carbocycles. The number of nitrogens with zero attached hydrogens (tertiary/aromatic N) is 2. The quantitative estimate of drug-likeness (QED) is 0.596. The molecule has 0 amide bonds. The number of nitrogens with one attached hydrogen (secondary N) is 2. The molecule has 2 N–H and O–H groups in total. The first-order valence-electron chi connectivity index (χ1n) is 4.68. The molecule has 2 aromatic heterocycles. The Labute approximate surface area is 88.4 Å². The van der Waals surface area contributed by atoms with Crippen LogP contribution in [0.3, 0.4) is 0 Å². The van der Waals surface area contributed by atoms with E-state index in [-0.39, 0.29) is 11.0 Å². The molecule has 0 fully saturated rings. The third-order valence-corrected chi connectivity index (χ3v) is 2.56. The zero-order chi connectivity index (χ0) is 11.3. The van der Waals surface area contributed by atoms with Crippen molar-refractivity contribution in [2.75, 3.05) is 0 Å². The van der Waals surface area contributed by atoms with Crippen LogP contribution in [-0.2, 0) is 0 Å². The number of benzene rings is 1. The van der Waals surface area contributed by atoms with Crippen LogP contribution in [0.4, 0.5) is 4.39 Å². The van der Waals surface area contributed by atoms with Crippen LogP contribution in [0.25, 0.3) is 21.9 Å². The van der Waals surface area contributed by atoms with Crippen molar-refractivity contribution >= 4 is 21.9 Å². The Hall–Kier alpha value is -2.24. The van der Waals surface area contributed by atoms with Gasteiger partial charge in [0, 0.05) is 11.1 Å². The van der Waals surface area contributed by atoms with Crippen molar-refractivity contribution in [2.45, 2.75) is 6.92 Å². The van der Waals surface area contributed by atoms with Crippen molar-refractivity contribution in [2.24, 2.45) is 0 Å². The van der Waals surface area contributed by atoms with Gasteiger partial charge in [0.1, 0.15) is 17.4 Å². The molecule has 16 heavy (non-hydrogen) atoms. The number of H-pyrrole nitrogens is 2. The third kappa shape index (κ3) is 1.06. The minimum Gasteiger partial charge on any atom is -0.306 e. The highest BCUT2D eigenvalue weighted by atomic mass is 19.1. The van der Waals surface area contributed by atoms with Crippen LogP contribution in [0, 0.1) is 12.7 Å². The van der Waals surface area contributed by atoms with Gasteiger partial charge in [-0.05, 0) is 13.0 Å². The number of halogens is 1. The molecule has 0 bridgehead atoms. The van der Waals surface area contributed by atoms with Gasteiger partial charge in [-0.2, -0.15) is 0 Å². The number of hydrogen-bond acceptors (Lipinski definition) is 3. The molecule has 6 heteroatoms. The monoisotopic (exact) mass is 218 g/mol. The highest BCUT2D eigenvalue weighted by molar-refractivity contribution is 5.94. The summed E-state index contributed by atoms with van der Waals surface area (Å²) >= 11 is 0. The normalized spacial score (nSPS) is 11.4. The van der Waals surface area contributed by atoms with Crippen molar-refractivity contribution in [3.63, 3.8) is 0 Å². The van der Waals surface area contributed by atoms with Crippen LogP contribution < -0.4 is 5.69 Å². The summed E-state index contributed by atoms with van der Waals surface area (Å²) in [4.78, 5) is 23.9. The zero-order valence-electron chi connectivity index (χ0n) is 8.34. The van der Waals surface area contributed by atoms with E-state index in [0.717, 1.165) is 0 Å². The molecule has 5 nitrogen and oxygen atoms in total. The van der Waals surface area contributed by atoms with E-state index in [1.807, 2.05) is 0 Å². The van der Waals surface area contributed by atoms with E-state index in [0.29, 0.717) is 16.6 Å². The fraction of sp³-hybridized carbons (Fsp3) is 0.100. The SMILES string of the molecule is Cc1ncnc2c(F)c3[nH]c(=O)[nH]c3cc12. The van der Waals surface area contributed by atoms with E-state index < -0.39 is 11.5 Å².